The fourth-order valence-electron chi connectivity index (χ4n) is 2.77. The number of urea groups is 2. The molecule has 0 bridgehead atoms. The predicted molar refractivity (Wildman–Crippen MR) is 114 cm³/mol. The topological polar surface area (TPSA) is 116 Å². The Bertz CT molecular complexity index is 514. The number of hydrogen-bond donors (Lipinski definition) is 4. The number of hydrogen-bond acceptors (Lipinski definition) is 6. The number of amides is 6. The van der Waals surface area contributed by atoms with Crippen LogP contribution < -0.4 is 21.3 Å². The summed E-state index contributed by atoms with van der Waals surface area (Å²) in [5.41, 5.74) is 0. The Kier molecular flexibility index (Phi) is 13.6. The second-order valence-corrected chi connectivity index (χ2v) is 9.26. The molecule has 1 rings (SSSR count). The van der Waals surface area contributed by atoms with Crippen LogP contribution in [0.25, 0.3) is 0 Å². The number of unbranched alkanes of at least 4 members (excludes halogenated alkanes) is 2. The van der Waals surface area contributed by atoms with Crippen LogP contribution in [0.15, 0.2) is 0 Å². The SMILES string of the molecule is CCCCCNC(=O)NC(=O)CSSCCNC(=O)NC(=O)C1CCCCC1. The van der Waals surface area contributed by atoms with Crippen LogP contribution in [0, 0.1) is 5.92 Å². The molecule has 6 amide bonds. The first-order chi connectivity index (χ1) is 13.5. The Labute approximate surface area is 174 Å². The molecule has 4 N–H and O–H groups in total. The van der Waals surface area contributed by atoms with Gasteiger partial charge in [-0.1, -0.05) is 60.6 Å². The zero-order valence-electron chi connectivity index (χ0n) is 16.5. The molecular formula is C18H32N4O4S2. The van der Waals surface area contributed by atoms with Gasteiger partial charge in [0.25, 0.3) is 0 Å². The third-order valence-electron chi connectivity index (χ3n) is 4.28. The van der Waals surface area contributed by atoms with Crippen LogP contribution in [-0.4, -0.2) is 48.5 Å². The summed E-state index contributed by atoms with van der Waals surface area (Å²) in [6.07, 6.45) is 7.96. The molecule has 0 radical (unpaired) electrons. The molecule has 0 aromatic heterocycles. The fourth-order valence-corrected chi connectivity index (χ4v) is 4.51. The Hall–Kier alpha value is -1.42. The van der Waals surface area contributed by atoms with E-state index >= 15 is 0 Å². The number of carbonyl (C=O) groups is 4. The van der Waals surface area contributed by atoms with E-state index in [0.717, 1.165) is 51.4 Å². The predicted octanol–water partition coefficient (Wildman–Crippen LogP) is 2.79. The minimum atomic E-state index is -0.473. The van der Waals surface area contributed by atoms with E-state index in [9.17, 15) is 19.2 Å². The summed E-state index contributed by atoms with van der Waals surface area (Å²) in [6, 6.07) is -0.939. The van der Waals surface area contributed by atoms with Crippen molar-refractivity contribution in [2.24, 2.45) is 5.92 Å². The summed E-state index contributed by atoms with van der Waals surface area (Å²) in [4.78, 5) is 46.8. The Balaban J connectivity index is 1.98. The van der Waals surface area contributed by atoms with Gasteiger partial charge in [0.05, 0.1) is 5.75 Å². The number of rotatable bonds is 11. The summed E-state index contributed by atoms with van der Waals surface area (Å²) in [5, 5.41) is 9.95. The van der Waals surface area contributed by atoms with Gasteiger partial charge in [0.1, 0.15) is 0 Å². The van der Waals surface area contributed by atoms with E-state index in [1.165, 1.54) is 21.6 Å². The van der Waals surface area contributed by atoms with E-state index in [0.29, 0.717) is 18.8 Å². The standard InChI is InChI=1S/C18H32N4O4S2/c1-2-3-7-10-19-17(25)21-15(23)13-28-27-12-11-20-18(26)22-16(24)14-8-5-4-6-9-14/h14H,2-13H2,1H3,(H2,19,21,23,25)(H2,20,22,24,26). The lowest BCUT2D eigenvalue weighted by atomic mass is 9.89. The van der Waals surface area contributed by atoms with Crippen molar-refractivity contribution in [2.45, 2.75) is 58.3 Å². The summed E-state index contributed by atoms with van der Waals surface area (Å²) in [7, 11) is 2.73. The first-order valence-corrected chi connectivity index (χ1v) is 12.4. The molecule has 10 heteroatoms. The van der Waals surface area contributed by atoms with Crippen LogP contribution in [0.1, 0.15) is 58.3 Å². The van der Waals surface area contributed by atoms with E-state index in [-0.39, 0.29) is 23.5 Å². The normalized spacial score (nSPS) is 14.2. The lowest BCUT2D eigenvalue weighted by Gasteiger charge is -2.20. The highest BCUT2D eigenvalue weighted by Crippen LogP contribution is 2.23. The number of imide groups is 2. The molecule has 1 saturated carbocycles. The molecule has 0 spiro atoms. The highest BCUT2D eigenvalue weighted by Gasteiger charge is 2.22. The van der Waals surface area contributed by atoms with Crippen LogP contribution in [-0.2, 0) is 9.59 Å². The second-order valence-electron chi connectivity index (χ2n) is 6.68. The van der Waals surface area contributed by atoms with E-state index in [2.05, 4.69) is 28.2 Å². The minimum absolute atomic E-state index is 0.0493. The number of carbonyl (C=O) groups excluding carboxylic acids is 4. The van der Waals surface area contributed by atoms with Gasteiger partial charge in [0.2, 0.25) is 11.8 Å². The van der Waals surface area contributed by atoms with Crippen molar-refractivity contribution in [3.8, 4) is 0 Å². The van der Waals surface area contributed by atoms with Gasteiger partial charge in [-0.25, -0.2) is 9.59 Å². The average Bonchev–Trinajstić information content (AvgIpc) is 2.68. The van der Waals surface area contributed by atoms with Gasteiger partial charge in [-0.05, 0) is 19.3 Å². The van der Waals surface area contributed by atoms with Crippen molar-refractivity contribution < 1.29 is 19.2 Å². The highest BCUT2D eigenvalue weighted by molar-refractivity contribution is 8.76. The smallest absolute Gasteiger partial charge is 0.321 e. The van der Waals surface area contributed by atoms with Gasteiger partial charge in [-0.3, -0.25) is 20.2 Å². The van der Waals surface area contributed by atoms with Gasteiger partial charge in [-0.2, -0.15) is 0 Å². The van der Waals surface area contributed by atoms with Crippen LogP contribution in [0.4, 0.5) is 9.59 Å². The summed E-state index contributed by atoms with van der Waals surface area (Å²) >= 11 is 0. The Morgan fingerprint density at radius 1 is 0.857 bits per heavy atom. The molecule has 0 aliphatic heterocycles. The average molecular weight is 433 g/mol. The Morgan fingerprint density at radius 2 is 1.54 bits per heavy atom. The van der Waals surface area contributed by atoms with Crippen molar-refractivity contribution in [3.05, 3.63) is 0 Å². The summed E-state index contributed by atoms with van der Waals surface area (Å²) in [6.45, 7) is 3.03. The first-order valence-electron chi connectivity index (χ1n) is 9.93. The molecular weight excluding hydrogens is 400 g/mol. The molecule has 0 aromatic rings. The summed E-state index contributed by atoms with van der Waals surface area (Å²) < 4.78 is 0. The van der Waals surface area contributed by atoms with Crippen molar-refractivity contribution in [1.29, 1.82) is 0 Å². The molecule has 8 nitrogen and oxygen atoms in total. The third kappa shape index (κ3) is 12.1. The van der Waals surface area contributed by atoms with Gasteiger partial charge in [0.15, 0.2) is 0 Å². The maximum Gasteiger partial charge on any atom is 0.321 e. The largest absolute Gasteiger partial charge is 0.338 e. The van der Waals surface area contributed by atoms with Crippen molar-refractivity contribution in [2.75, 3.05) is 24.6 Å². The van der Waals surface area contributed by atoms with Crippen LogP contribution in [0.3, 0.4) is 0 Å². The van der Waals surface area contributed by atoms with Crippen molar-refractivity contribution >= 4 is 45.5 Å². The maximum atomic E-state index is 11.9. The molecule has 160 valence electrons. The fraction of sp³-hybridized carbons (Fsp3) is 0.778. The minimum Gasteiger partial charge on any atom is -0.338 e. The monoisotopic (exact) mass is 432 g/mol. The van der Waals surface area contributed by atoms with Crippen LogP contribution in [0.5, 0.6) is 0 Å². The quantitative estimate of drug-likeness (QED) is 0.295. The molecule has 28 heavy (non-hydrogen) atoms. The molecule has 0 atom stereocenters. The maximum absolute atomic E-state index is 11.9. The lowest BCUT2D eigenvalue weighted by Crippen LogP contribution is -2.43. The first kappa shape index (κ1) is 24.6. The zero-order chi connectivity index (χ0) is 20.6. The second kappa shape index (κ2) is 15.5. The molecule has 1 fully saturated rings. The van der Waals surface area contributed by atoms with Gasteiger partial charge in [-0.15, -0.1) is 0 Å². The highest BCUT2D eigenvalue weighted by atomic mass is 33.1. The molecule has 0 aromatic carbocycles. The molecule has 1 aliphatic carbocycles. The molecule has 1 aliphatic rings. The van der Waals surface area contributed by atoms with E-state index in [1.807, 2.05) is 0 Å². The molecule has 0 heterocycles. The molecule has 0 unspecified atom stereocenters. The van der Waals surface area contributed by atoms with E-state index < -0.39 is 12.1 Å². The van der Waals surface area contributed by atoms with E-state index in [4.69, 9.17) is 0 Å². The summed E-state index contributed by atoms with van der Waals surface area (Å²) in [5.74, 6) is 0.149. The zero-order valence-corrected chi connectivity index (χ0v) is 18.1. The lowest BCUT2D eigenvalue weighted by molar-refractivity contribution is -0.124. The number of nitrogens with one attached hydrogen (secondary N) is 4. The van der Waals surface area contributed by atoms with E-state index in [1.54, 1.807) is 0 Å². The third-order valence-corrected chi connectivity index (χ3v) is 6.55. The van der Waals surface area contributed by atoms with Gasteiger partial charge < -0.3 is 10.6 Å². The van der Waals surface area contributed by atoms with Crippen molar-refractivity contribution in [3.63, 3.8) is 0 Å². The van der Waals surface area contributed by atoms with Gasteiger partial charge >= 0.3 is 12.1 Å². The van der Waals surface area contributed by atoms with Crippen LogP contribution in [0.2, 0.25) is 0 Å². The van der Waals surface area contributed by atoms with Crippen LogP contribution >= 0.6 is 21.6 Å². The van der Waals surface area contributed by atoms with Gasteiger partial charge in [0, 0.05) is 24.8 Å². The molecule has 0 saturated heterocycles. The Morgan fingerprint density at radius 3 is 2.25 bits per heavy atom. The van der Waals surface area contributed by atoms with Crippen molar-refractivity contribution in [1.82, 2.24) is 21.3 Å².